The Kier molecular flexibility index (Phi) is 3.38. The van der Waals surface area contributed by atoms with Crippen LogP contribution in [-0.2, 0) is 14.6 Å². The molecule has 1 aromatic rings. The van der Waals surface area contributed by atoms with Crippen LogP contribution >= 0.6 is 0 Å². The van der Waals surface area contributed by atoms with Crippen molar-refractivity contribution in [1.29, 1.82) is 0 Å². The molecule has 1 aliphatic rings. The monoisotopic (exact) mass is 301 g/mol. The van der Waals surface area contributed by atoms with Crippen LogP contribution in [-0.4, -0.2) is 24.9 Å². The van der Waals surface area contributed by atoms with Crippen LogP contribution in [0.25, 0.3) is 0 Å². The van der Waals surface area contributed by atoms with Crippen LogP contribution in [0.3, 0.4) is 0 Å². The molecule has 1 atom stereocenters. The zero-order valence-corrected chi connectivity index (χ0v) is 12.9. The van der Waals surface area contributed by atoms with Crippen molar-refractivity contribution in [3.8, 4) is 0 Å². The van der Waals surface area contributed by atoms with Gasteiger partial charge in [0, 0.05) is 0 Å². The molecule has 4 nitrogen and oxygen atoms in total. The zero-order valence-electron chi connectivity index (χ0n) is 12.1. The second-order valence-corrected chi connectivity index (χ2v) is 8.48. The van der Waals surface area contributed by atoms with Gasteiger partial charge in [-0.15, -0.1) is 0 Å². The van der Waals surface area contributed by atoms with Crippen molar-refractivity contribution in [1.82, 2.24) is 0 Å². The number of anilines is 1. The molecule has 1 heterocycles. The first-order chi connectivity index (χ1) is 8.96. The molecule has 6 heteroatoms. The van der Waals surface area contributed by atoms with Crippen LogP contribution < -0.4 is 5.73 Å². The van der Waals surface area contributed by atoms with Gasteiger partial charge in [0.2, 0.25) is 0 Å². The topological polar surface area (TPSA) is 69.4 Å². The van der Waals surface area contributed by atoms with E-state index in [9.17, 15) is 12.8 Å². The quantitative estimate of drug-likeness (QED) is 0.673. The summed E-state index contributed by atoms with van der Waals surface area (Å²) in [4.78, 5) is -0.0294. The van der Waals surface area contributed by atoms with Crippen molar-refractivity contribution in [2.75, 3.05) is 5.73 Å². The van der Waals surface area contributed by atoms with Crippen LogP contribution in [0.5, 0.6) is 0 Å². The van der Waals surface area contributed by atoms with Gasteiger partial charge < -0.3 is 10.5 Å². The van der Waals surface area contributed by atoms with Crippen LogP contribution in [0, 0.1) is 5.82 Å². The second kappa shape index (κ2) is 4.43. The minimum absolute atomic E-state index is 0.0294. The maximum Gasteiger partial charge on any atom is 0.186 e. The molecule has 0 saturated carbocycles. The third kappa shape index (κ3) is 2.54. The average molecular weight is 301 g/mol. The van der Waals surface area contributed by atoms with Crippen LogP contribution in [0.2, 0.25) is 0 Å². The number of nitrogens with two attached hydrogens (primary N) is 1. The summed E-state index contributed by atoms with van der Waals surface area (Å²) >= 11 is 0. The van der Waals surface area contributed by atoms with E-state index < -0.39 is 32.1 Å². The smallest absolute Gasteiger partial charge is 0.186 e. The Morgan fingerprint density at radius 3 is 2.35 bits per heavy atom. The molecule has 0 amide bonds. The third-order valence-corrected chi connectivity index (χ3v) is 6.11. The number of sulfone groups is 1. The molecule has 20 heavy (non-hydrogen) atoms. The van der Waals surface area contributed by atoms with Gasteiger partial charge in [-0.3, -0.25) is 0 Å². The number of hydrogen-bond acceptors (Lipinski definition) is 4. The van der Waals surface area contributed by atoms with Crippen LogP contribution in [0.4, 0.5) is 10.1 Å². The van der Waals surface area contributed by atoms with Gasteiger partial charge in [-0.1, -0.05) is 0 Å². The van der Waals surface area contributed by atoms with Gasteiger partial charge >= 0.3 is 0 Å². The summed E-state index contributed by atoms with van der Waals surface area (Å²) in [6, 6.07) is 3.36. The molecule has 2 rings (SSSR count). The van der Waals surface area contributed by atoms with Crippen LogP contribution in [0.15, 0.2) is 23.1 Å². The van der Waals surface area contributed by atoms with Gasteiger partial charge in [0.1, 0.15) is 5.82 Å². The van der Waals surface area contributed by atoms with Crippen molar-refractivity contribution < 1.29 is 17.5 Å². The predicted octanol–water partition coefficient (Wildman–Crippen LogP) is 2.53. The molecule has 1 saturated heterocycles. The fourth-order valence-electron chi connectivity index (χ4n) is 2.93. The van der Waals surface area contributed by atoms with Gasteiger partial charge in [0.05, 0.1) is 27.0 Å². The van der Waals surface area contributed by atoms with E-state index in [2.05, 4.69) is 0 Å². The molecule has 0 aromatic heterocycles. The largest absolute Gasteiger partial charge is 0.398 e. The van der Waals surface area contributed by atoms with Crippen LogP contribution in [0.1, 0.15) is 34.1 Å². The first-order valence-electron chi connectivity index (χ1n) is 6.45. The Bertz CT molecular complexity index is 638. The fraction of sp³-hybridized carbons (Fsp3) is 0.571. The van der Waals surface area contributed by atoms with Crippen molar-refractivity contribution in [3.63, 3.8) is 0 Å². The molecular formula is C14H20FNO3S. The van der Waals surface area contributed by atoms with Gasteiger partial charge in [0.25, 0.3) is 0 Å². The number of halogens is 1. The summed E-state index contributed by atoms with van der Waals surface area (Å²) in [6.45, 7) is 7.23. The molecule has 1 unspecified atom stereocenters. The second-order valence-electron chi connectivity index (χ2n) is 6.39. The molecule has 1 aliphatic heterocycles. The lowest BCUT2D eigenvalue weighted by Gasteiger charge is -2.27. The standard InChI is InChI=1S/C14H20FNO3S/c1-13(2)8-12(14(3,4)19-13)20(17,18)11-6-5-9(15)7-10(11)16/h5-7,12H,8,16H2,1-4H3. The summed E-state index contributed by atoms with van der Waals surface area (Å²) in [6.07, 6.45) is 0.374. The predicted molar refractivity (Wildman–Crippen MR) is 75.6 cm³/mol. The minimum atomic E-state index is -3.68. The number of benzene rings is 1. The summed E-state index contributed by atoms with van der Waals surface area (Å²) in [5.41, 5.74) is 4.27. The summed E-state index contributed by atoms with van der Waals surface area (Å²) in [7, 11) is -3.68. The number of hydrogen-bond donors (Lipinski definition) is 1. The average Bonchev–Trinajstić information content (AvgIpc) is 2.46. The van der Waals surface area contributed by atoms with E-state index in [1.807, 2.05) is 13.8 Å². The fourth-order valence-corrected chi connectivity index (χ4v) is 5.29. The normalized spacial score (nSPS) is 24.8. The van der Waals surface area contributed by atoms with E-state index >= 15 is 0 Å². The molecule has 0 radical (unpaired) electrons. The first-order valence-corrected chi connectivity index (χ1v) is 7.99. The van der Waals surface area contributed by atoms with Crippen molar-refractivity contribution in [3.05, 3.63) is 24.0 Å². The van der Waals surface area contributed by atoms with Gasteiger partial charge in [-0.05, 0) is 52.3 Å². The molecule has 1 fully saturated rings. The molecule has 2 N–H and O–H groups in total. The van der Waals surface area contributed by atoms with E-state index in [0.29, 0.717) is 6.42 Å². The lowest BCUT2D eigenvalue weighted by molar-refractivity contribution is -0.0635. The van der Waals surface area contributed by atoms with E-state index in [-0.39, 0.29) is 10.6 Å². The minimum Gasteiger partial charge on any atom is -0.398 e. The third-order valence-electron chi connectivity index (χ3n) is 3.64. The Balaban J connectivity index is 2.51. The zero-order chi connectivity index (χ0) is 15.3. The summed E-state index contributed by atoms with van der Waals surface area (Å²) in [5.74, 6) is -0.552. The SMILES string of the molecule is CC1(C)CC(S(=O)(=O)c2ccc(F)cc2N)C(C)(C)O1. The highest BCUT2D eigenvalue weighted by molar-refractivity contribution is 7.92. The van der Waals surface area contributed by atoms with E-state index in [1.165, 1.54) is 6.07 Å². The number of nitrogen functional groups attached to an aromatic ring is 1. The van der Waals surface area contributed by atoms with E-state index in [4.69, 9.17) is 10.5 Å². The highest BCUT2D eigenvalue weighted by Gasteiger charge is 2.52. The van der Waals surface area contributed by atoms with Gasteiger partial charge in [0.15, 0.2) is 9.84 Å². The summed E-state index contributed by atoms with van der Waals surface area (Å²) in [5, 5.41) is -0.710. The molecule has 112 valence electrons. The Hall–Kier alpha value is -1.14. The van der Waals surface area contributed by atoms with Crippen molar-refractivity contribution in [2.45, 2.75) is 55.5 Å². The summed E-state index contributed by atoms with van der Waals surface area (Å²) < 4.78 is 44.5. The Labute approximate surface area is 119 Å². The van der Waals surface area contributed by atoms with Crippen molar-refractivity contribution in [2.24, 2.45) is 0 Å². The maximum atomic E-state index is 13.1. The highest BCUT2D eigenvalue weighted by Crippen LogP contribution is 2.43. The number of rotatable bonds is 2. The van der Waals surface area contributed by atoms with Gasteiger partial charge in [-0.25, -0.2) is 12.8 Å². The number of ether oxygens (including phenoxy) is 1. The molecule has 1 aromatic carbocycles. The lowest BCUT2D eigenvalue weighted by Crippen LogP contribution is -2.38. The van der Waals surface area contributed by atoms with Gasteiger partial charge in [-0.2, -0.15) is 0 Å². The Morgan fingerprint density at radius 1 is 1.30 bits per heavy atom. The van der Waals surface area contributed by atoms with E-state index in [0.717, 1.165) is 12.1 Å². The lowest BCUT2D eigenvalue weighted by atomic mass is 10.0. The van der Waals surface area contributed by atoms with E-state index in [1.54, 1.807) is 13.8 Å². The first kappa shape index (κ1) is 15.3. The molecule has 0 bridgehead atoms. The Morgan fingerprint density at radius 2 is 1.90 bits per heavy atom. The molecule has 0 spiro atoms. The highest BCUT2D eigenvalue weighted by atomic mass is 32.2. The molecular weight excluding hydrogens is 281 g/mol. The maximum absolute atomic E-state index is 13.1. The van der Waals surface area contributed by atoms with Crippen molar-refractivity contribution >= 4 is 15.5 Å². The molecule has 0 aliphatic carbocycles.